The summed E-state index contributed by atoms with van der Waals surface area (Å²) in [5.41, 5.74) is 0.453. The number of ether oxygens (including phenoxy) is 1. The van der Waals surface area contributed by atoms with Crippen molar-refractivity contribution in [2.24, 2.45) is 0 Å². The second kappa shape index (κ2) is 4.89. The Morgan fingerprint density at radius 3 is 2.94 bits per heavy atom. The number of hydrogen-bond acceptors (Lipinski definition) is 4. The number of aryl methyl sites for hydroxylation is 1. The highest BCUT2D eigenvalue weighted by molar-refractivity contribution is 7.16. The van der Waals surface area contributed by atoms with Gasteiger partial charge >= 0.3 is 5.97 Å². The van der Waals surface area contributed by atoms with Crippen LogP contribution in [0, 0.1) is 6.92 Å². The fourth-order valence-electron chi connectivity index (χ4n) is 1.53. The molecule has 17 heavy (non-hydrogen) atoms. The standard InChI is InChI=1S/C11H11ClN2O2S/c1-7-13-5-9(11(15)16-2)14(7)6-8-3-4-10(12)17-8/h3-5H,6H2,1-2H3. The molecule has 0 atom stereocenters. The molecule has 0 aliphatic carbocycles. The Hall–Kier alpha value is -1.33. The average molecular weight is 271 g/mol. The van der Waals surface area contributed by atoms with Crippen LogP contribution in [0.4, 0.5) is 0 Å². The highest BCUT2D eigenvalue weighted by Crippen LogP contribution is 2.23. The van der Waals surface area contributed by atoms with Gasteiger partial charge in [0.05, 0.1) is 24.2 Å². The lowest BCUT2D eigenvalue weighted by atomic mass is 10.4. The third kappa shape index (κ3) is 2.50. The Bertz CT molecular complexity index is 547. The number of methoxy groups -OCH3 is 1. The number of carbonyl (C=O) groups excluding carboxylic acids is 1. The fourth-order valence-corrected chi connectivity index (χ4v) is 2.60. The Morgan fingerprint density at radius 1 is 1.59 bits per heavy atom. The van der Waals surface area contributed by atoms with E-state index in [1.807, 2.05) is 23.6 Å². The van der Waals surface area contributed by atoms with Crippen molar-refractivity contribution in [3.05, 3.63) is 39.1 Å². The van der Waals surface area contributed by atoms with Gasteiger partial charge in [-0.25, -0.2) is 9.78 Å². The number of aromatic nitrogens is 2. The van der Waals surface area contributed by atoms with E-state index < -0.39 is 0 Å². The Morgan fingerprint density at radius 2 is 2.35 bits per heavy atom. The van der Waals surface area contributed by atoms with Crippen molar-refractivity contribution < 1.29 is 9.53 Å². The molecular formula is C11H11ClN2O2S. The van der Waals surface area contributed by atoms with Crippen LogP contribution in [0.5, 0.6) is 0 Å². The molecule has 0 amide bonds. The Kier molecular flexibility index (Phi) is 3.49. The SMILES string of the molecule is COC(=O)c1cnc(C)n1Cc1ccc(Cl)s1. The summed E-state index contributed by atoms with van der Waals surface area (Å²) in [5.74, 6) is 0.392. The molecule has 0 saturated heterocycles. The van der Waals surface area contributed by atoms with Crippen LogP contribution in [0.3, 0.4) is 0 Å². The smallest absolute Gasteiger partial charge is 0.356 e. The molecule has 0 N–H and O–H groups in total. The zero-order valence-electron chi connectivity index (χ0n) is 9.44. The maximum absolute atomic E-state index is 11.5. The molecule has 0 bridgehead atoms. The van der Waals surface area contributed by atoms with Crippen LogP contribution in [0.25, 0.3) is 0 Å². The Labute approximate surface area is 108 Å². The highest BCUT2D eigenvalue weighted by atomic mass is 35.5. The molecule has 90 valence electrons. The maximum atomic E-state index is 11.5. The van der Waals surface area contributed by atoms with E-state index in [1.165, 1.54) is 24.6 Å². The van der Waals surface area contributed by atoms with Gasteiger partial charge in [-0.1, -0.05) is 11.6 Å². The molecule has 0 saturated carbocycles. The first-order chi connectivity index (χ1) is 8.11. The van der Waals surface area contributed by atoms with Crippen LogP contribution in [0.1, 0.15) is 21.2 Å². The number of hydrogen-bond donors (Lipinski definition) is 0. The fraction of sp³-hybridized carbons (Fsp3) is 0.273. The van der Waals surface area contributed by atoms with Gasteiger partial charge in [0.15, 0.2) is 0 Å². The van der Waals surface area contributed by atoms with Crippen LogP contribution in [0.15, 0.2) is 18.3 Å². The van der Waals surface area contributed by atoms with Crippen LogP contribution in [-0.4, -0.2) is 22.6 Å². The minimum atomic E-state index is -0.381. The predicted molar refractivity (Wildman–Crippen MR) is 66.7 cm³/mol. The molecule has 2 aromatic heterocycles. The zero-order chi connectivity index (χ0) is 12.4. The average Bonchev–Trinajstić information content (AvgIpc) is 2.87. The lowest BCUT2D eigenvalue weighted by Gasteiger charge is -2.07. The van der Waals surface area contributed by atoms with Gasteiger partial charge in [-0.05, 0) is 19.1 Å². The summed E-state index contributed by atoms with van der Waals surface area (Å²) >= 11 is 7.36. The monoisotopic (exact) mass is 270 g/mol. The van der Waals surface area contributed by atoms with E-state index in [9.17, 15) is 4.79 Å². The van der Waals surface area contributed by atoms with E-state index in [-0.39, 0.29) is 5.97 Å². The zero-order valence-corrected chi connectivity index (χ0v) is 11.0. The van der Waals surface area contributed by atoms with Crippen molar-refractivity contribution in [2.45, 2.75) is 13.5 Å². The van der Waals surface area contributed by atoms with E-state index in [0.29, 0.717) is 12.2 Å². The molecule has 6 heteroatoms. The van der Waals surface area contributed by atoms with Gasteiger partial charge in [0.1, 0.15) is 11.5 Å². The summed E-state index contributed by atoms with van der Waals surface area (Å²) < 4.78 is 7.26. The van der Waals surface area contributed by atoms with Gasteiger partial charge in [0.25, 0.3) is 0 Å². The number of carbonyl (C=O) groups is 1. The van der Waals surface area contributed by atoms with Gasteiger partial charge in [-0.3, -0.25) is 0 Å². The molecule has 4 nitrogen and oxygen atoms in total. The maximum Gasteiger partial charge on any atom is 0.356 e. The van der Waals surface area contributed by atoms with E-state index in [4.69, 9.17) is 16.3 Å². The molecule has 2 rings (SSSR count). The number of thiophene rings is 1. The lowest BCUT2D eigenvalue weighted by molar-refractivity contribution is 0.0588. The van der Waals surface area contributed by atoms with Crippen molar-refractivity contribution in [3.63, 3.8) is 0 Å². The first-order valence-electron chi connectivity index (χ1n) is 4.96. The molecule has 0 aromatic carbocycles. The summed E-state index contributed by atoms with van der Waals surface area (Å²) in [5, 5.41) is 0. The molecule has 0 aliphatic heterocycles. The Balaban J connectivity index is 2.31. The summed E-state index contributed by atoms with van der Waals surface area (Å²) in [6, 6.07) is 3.78. The van der Waals surface area contributed by atoms with E-state index in [1.54, 1.807) is 0 Å². The molecule has 0 unspecified atom stereocenters. The van der Waals surface area contributed by atoms with Crippen molar-refractivity contribution in [1.82, 2.24) is 9.55 Å². The number of imidazole rings is 1. The second-order valence-corrected chi connectivity index (χ2v) is 5.27. The van der Waals surface area contributed by atoms with Gasteiger partial charge < -0.3 is 9.30 Å². The first kappa shape index (κ1) is 12.1. The second-order valence-electron chi connectivity index (χ2n) is 3.47. The van der Waals surface area contributed by atoms with Crippen LogP contribution in [-0.2, 0) is 11.3 Å². The first-order valence-corrected chi connectivity index (χ1v) is 6.16. The molecule has 0 aliphatic rings. The van der Waals surface area contributed by atoms with Gasteiger partial charge in [0.2, 0.25) is 0 Å². The minimum absolute atomic E-state index is 0.381. The van der Waals surface area contributed by atoms with Crippen molar-refractivity contribution in [1.29, 1.82) is 0 Å². The van der Waals surface area contributed by atoms with Gasteiger partial charge in [-0.15, -0.1) is 11.3 Å². The third-order valence-electron chi connectivity index (χ3n) is 2.39. The van der Waals surface area contributed by atoms with Crippen LogP contribution in [0.2, 0.25) is 4.34 Å². The van der Waals surface area contributed by atoms with Gasteiger partial charge in [0, 0.05) is 4.88 Å². The van der Waals surface area contributed by atoms with Crippen molar-refractivity contribution in [3.8, 4) is 0 Å². The summed E-state index contributed by atoms with van der Waals surface area (Å²) in [7, 11) is 1.36. The molecule has 0 radical (unpaired) electrons. The van der Waals surface area contributed by atoms with E-state index in [0.717, 1.165) is 15.0 Å². The highest BCUT2D eigenvalue weighted by Gasteiger charge is 2.15. The lowest BCUT2D eigenvalue weighted by Crippen LogP contribution is -2.12. The summed E-state index contributed by atoms with van der Waals surface area (Å²) in [6.07, 6.45) is 1.52. The largest absolute Gasteiger partial charge is 0.464 e. The number of halogens is 1. The van der Waals surface area contributed by atoms with Crippen molar-refractivity contribution in [2.75, 3.05) is 7.11 Å². The predicted octanol–water partition coefficient (Wildman–Crippen LogP) is 2.74. The quantitative estimate of drug-likeness (QED) is 0.806. The molecule has 2 heterocycles. The summed E-state index contributed by atoms with van der Waals surface area (Å²) in [6.45, 7) is 2.43. The van der Waals surface area contributed by atoms with Crippen molar-refractivity contribution >= 4 is 28.9 Å². The minimum Gasteiger partial charge on any atom is -0.464 e. The topological polar surface area (TPSA) is 44.1 Å². The molecule has 0 fully saturated rings. The van der Waals surface area contributed by atoms with E-state index in [2.05, 4.69) is 4.98 Å². The van der Waals surface area contributed by atoms with Gasteiger partial charge in [-0.2, -0.15) is 0 Å². The molecular weight excluding hydrogens is 260 g/mol. The third-order valence-corrected chi connectivity index (χ3v) is 3.61. The number of esters is 1. The van der Waals surface area contributed by atoms with Crippen LogP contribution < -0.4 is 0 Å². The summed E-state index contributed by atoms with van der Waals surface area (Å²) in [4.78, 5) is 16.7. The van der Waals surface area contributed by atoms with E-state index >= 15 is 0 Å². The molecule has 0 spiro atoms. The number of nitrogens with zero attached hydrogens (tertiary/aromatic N) is 2. The number of rotatable bonds is 3. The molecule has 2 aromatic rings. The normalized spacial score (nSPS) is 10.5. The van der Waals surface area contributed by atoms with Crippen LogP contribution >= 0.6 is 22.9 Å².